The lowest BCUT2D eigenvalue weighted by Gasteiger charge is -2.34. The predicted octanol–water partition coefficient (Wildman–Crippen LogP) is 6.04. The van der Waals surface area contributed by atoms with Crippen LogP contribution in [0.3, 0.4) is 0 Å². The van der Waals surface area contributed by atoms with Gasteiger partial charge in [-0.25, -0.2) is 8.42 Å². The topological polar surface area (TPSA) is 57.7 Å². The second-order valence-corrected chi connectivity index (χ2v) is 11.3. The third-order valence-corrected chi connectivity index (χ3v) is 8.61. The van der Waals surface area contributed by atoms with Gasteiger partial charge in [0.1, 0.15) is 6.54 Å². The first-order chi connectivity index (χ1) is 17.6. The van der Waals surface area contributed by atoms with Crippen LogP contribution in [0.5, 0.6) is 0 Å². The van der Waals surface area contributed by atoms with E-state index in [-0.39, 0.29) is 10.6 Å². The average Bonchev–Trinajstić information content (AvgIpc) is 2.88. The molecule has 1 saturated heterocycles. The molecule has 0 aromatic heterocycles. The molecule has 37 heavy (non-hydrogen) atoms. The zero-order valence-electron chi connectivity index (χ0n) is 19.9. The van der Waals surface area contributed by atoms with Gasteiger partial charge in [0, 0.05) is 13.1 Å². The van der Waals surface area contributed by atoms with E-state index in [9.17, 15) is 26.4 Å². The molecule has 0 saturated carbocycles. The lowest BCUT2D eigenvalue weighted by molar-refractivity contribution is -0.137. The van der Waals surface area contributed by atoms with Gasteiger partial charge in [-0.05, 0) is 61.1 Å². The molecule has 0 aliphatic carbocycles. The zero-order valence-corrected chi connectivity index (χ0v) is 21.4. The Kier molecular flexibility index (Phi) is 8.14. The van der Waals surface area contributed by atoms with Gasteiger partial charge in [-0.3, -0.25) is 9.10 Å². The fraction of sp³-hybridized carbons (Fsp3) is 0.296. The number of amides is 1. The minimum Gasteiger partial charge on any atom is -0.341 e. The summed E-state index contributed by atoms with van der Waals surface area (Å²) < 4.78 is 68.3. The van der Waals surface area contributed by atoms with Crippen LogP contribution in [0.4, 0.5) is 18.9 Å². The van der Waals surface area contributed by atoms with Crippen LogP contribution in [0, 0.1) is 5.92 Å². The monoisotopic (exact) mass is 550 g/mol. The molecule has 3 aromatic carbocycles. The molecule has 1 amide bonds. The number of piperidine rings is 1. The molecule has 0 N–H and O–H groups in total. The molecule has 1 aliphatic heterocycles. The molecule has 3 aromatic rings. The second kappa shape index (κ2) is 11.1. The first-order valence-electron chi connectivity index (χ1n) is 11.8. The van der Waals surface area contributed by atoms with E-state index in [1.807, 2.05) is 18.2 Å². The Morgan fingerprint density at radius 1 is 0.946 bits per heavy atom. The smallest absolute Gasteiger partial charge is 0.341 e. The predicted molar refractivity (Wildman–Crippen MR) is 137 cm³/mol. The number of rotatable bonds is 7. The first-order valence-corrected chi connectivity index (χ1v) is 13.6. The number of carbonyl (C=O) groups excluding carboxylic acids is 1. The van der Waals surface area contributed by atoms with Gasteiger partial charge in [0.2, 0.25) is 5.91 Å². The standard InChI is InChI=1S/C27H26ClF3N2O3S/c28-25-12-11-22(18-24(25)27(29,30)31)33(37(35,36)23-9-5-2-6-10-23)19-26(34)32-15-13-21(14-16-32)17-20-7-3-1-4-8-20/h1-12,18,21H,13-17,19H2. The number of sulfonamides is 1. The Labute approximate surface area is 219 Å². The Bertz CT molecular complexity index is 1330. The van der Waals surface area contributed by atoms with E-state index >= 15 is 0 Å². The molecule has 1 aliphatic rings. The summed E-state index contributed by atoms with van der Waals surface area (Å²) in [5.74, 6) is -0.0811. The number of halogens is 4. The maximum atomic E-state index is 13.5. The van der Waals surface area contributed by atoms with Crippen LogP contribution in [0.2, 0.25) is 5.02 Å². The molecule has 10 heteroatoms. The third-order valence-electron chi connectivity index (χ3n) is 6.49. The van der Waals surface area contributed by atoms with Crippen LogP contribution in [0.15, 0.2) is 83.8 Å². The van der Waals surface area contributed by atoms with Gasteiger partial charge in [0.15, 0.2) is 0 Å². The number of benzene rings is 3. The summed E-state index contributed by atoms with van der Waals surface area (Å²) >= 11 is 5.75. The number of alkyl halides is 3. The normalized spacial score (nSPS) is 15.0. The molecule has 0 unspecified atom stereocenters. The number of nitrogens with zero attached hydrogens (tertiary/aromatic N) is 2. The summed E-state index contributed by atoms with van der Waals surface area (Å²) in [6.07, 6.45) is -2.39. The highest BCUT2D eigenvalue weighted by Crippen LogP contribution is 2.38. The van der Waals surface area contributed by atoms with Crippen molar-refractivity contribution in [1.82, 2.24) is 4.90 Å². The van der Waals surface area contributed by atoms with Gasteiger partial charge in [-0.1, -0.05) is 60.1 Å². The van der Waals surface area contributed by atoms with Crippen molar-refractivity contribution in [1.29, 1.82) is 0 Å². The van der Waals surface area contributed by atoms with Crippen molar-refractivity contribution in [2.75, 3.05) is 23.9 Å². The summed E-state index contributed by atoms with van der Waals surface area (Å²) in [6, 6.07) is 20.2. The number of anilines is 1. The molecular formula is C27H26ClF3N2O3S. The van der Waals surface area contributed by atoms with Gasteiger partial charge in [-0.2, -0.15) is 13.2 Å². The molecule has 1 heterocycles. The Balaban J connectivity index is 1.56. The van der Waals surface area contributed by atoms with Crippen LogP contribution < -0.4 is 4.31 Å². The Morgan fingerprint density at radius 2 is 1.54 bits per heavy atom. The van der Waals surface area contributed by atoms with Crippen LogP contribution >= 0.6 is 11.6 Å². The van der Waals surface area contributed by atoms with E-state index in [2.05, 4.69) is 12.1 Å². The van der Waals surface area contributed by atoms with Crippen molar-refractivity contribution in [2.45, 2.75) is 30.3 Å². The fourth-order valence-corrected chi connectivity index (χ4v) is 6.13. The van der Waals surface area contributed by atoms with E-state index in [4.69, 9.17) is 11.6 Å². The maximum Gasteiger partial charge on any atom is 0.417 e. The first kappa shape index (κ1) is 27.0. The van der Waals surface area contributed by atoms with Gasteiger partial charge < -0.3 is 4.90 Å². The van der Waals surface area contributed by atoms with Crippen LogP contribution in [-0.2, 0) is 27.4 Å². The van der Waals surface area contributed by atoms with Gasteiger partial charge in [0.25, 0.3) is 10.0 Å². The second-order valence-electron chi connectivity index (χ2n) is 9.00. The van der Waals surface area contributed by atoms with Crippen molar-refractivity contribution in [3.63, 3.8) is 0 Å². The van der Waals surface area contributed by atoms with Gasteiger partial charge in [-0.15, -0.1) is 0 Å². The van der Waals surface area contributed by atoms with Gasteiger partial charge >= 0.3 is 6.18 Å². The third kappa shape index (κ3) is 6.45. The molecule has 0 spiro atoms. The number of hydrogen-bond donors (Lipinski definition) is 0. The molecule has 0 radical (unpaired) electrons. The summed E-state index contributed by atoms with van der Waals surface area (Å²) in [5, 5.41) is -0.555. The van der Waals surface area contributed by atoms with E-state index in [1.165, 1.54) is 35.9 Å². The summed E-state index contributed by atoms with van der Waals surface area (Å²) in [7, 11) is -4.34. The number of likely N-dealkylation sites (tertiary alicyclic amines) is 1. The quantitative estimate of drug-likeness (QED) is 0.361. The molecule has 0 bridgehead atoms. The Hall–Kier alpha value is -3.04. The van der Waals surface area contributed by atoms with Crippen molar-refractivity contribution >= 4 is 33.2 Å². The lowest BCUT2D eigenvalue weighted by atomic mass is 9.90. The van der Waals surface area contributed by atoms with E-state index in [1.54, 1.807) is 11.0 Å². The minimum atomic E-state index is -4.79. The molecule has 196 valence electrons. The number of hydrogen-bond acceptors (Lipinski definition) is 3. The number of carbonyl (C=O) groups is 1. The molecule has 5 nitrogen and oxygen atoms in total. The highest BCUT2D eigenvalue weighted by atomic mass is 35.5. The van der Waals surface area contributed by atoms with E-state index in [0.29, 0.717) is 25.1 Å². The van der Waals surface area contributed by atoms with Crippen molar-refractivity contribution in [3.05, 3.63) is 95.0 Å². The van der Waals surface area contributed by atoms with E-state index in [0.717, 1.165) is 29.6 Å². The minimum absolute atomic E-state index is 0.132. The summed E-state index contributed by atoms with van der Waals surface area (Å²) in [6.45, 7) is 0.271. The van der Waals surface area contributed by atoms with Crippen molar-refractivity contribution in [3.8, 4) is 0 Å². The average molecular weight is 551 g/mol. The van der Waals surface area contributed by atoms with Gasteiger partial charge in [0.05, 0.1) is 21.2 Å². The van der Waals surface area contributed by atoms with Crippen LogP contribution in [0.25, 0.3) is 0 Å². The lowest BCUT2D eigenvalue weighted by Crippen LogP contribution is -2.46. The van der Waals surface area contributed by atoms with Crippen LogP contribution in [-0.4, -0.2) is 38.9 Å². The Morgan fingerprint density at radius 3 is 2.14 bits per heavy atom. The molecular weight excluding hydrogens is 525 g/mol. The highest BCUT2D eigenvalue weighted by Gasteiger charge is 2.36. The summed E-state index contributed by atoms with van der Waals surface area (Å²) in [4.78, 5) is 14.7. The summed E-state index contributed by atoms with van der Waals surface area (Å²) in [5.41, 5.74) is -0.238. The van der Waals surface area contributed by atoms with E-state index < -0.39 is 39.2 Å². The van der Waals surface area contributed by atoms with Crippen molar-refractivity contribution < 1.29 is 26.4 Å². The largest absolute Gasteiger partial charge is 0.417 e. The zero-order chi connectivity index (χ0) is 26.6. The fourth-order valence-electron chi connectivity index (χ4n) is 4.48. The molecule has 0 atom stereocenters. The van der Waals surface area contributed by atoms with Crippen molar-refractivity contribution in [2.24, 2.45) is 5.92 Å². The highest BCUT2D eigenvalue weighted by molar-refractivity contribution is 7.92. The van der Waals surface area contributed by atoms with Crippen LogP contribution in [0.1, 0.15) is 24.0 Å². The SMILES string of the molecule is O=C(CN(c1ccc(Cl)c(C(F)(F)F)c1)S(=O)(=O)c1ccccc1)N1CCC(Cc2ccccc2)CC1. The molecule has 1 fully saturated rings. The maximum absolute atomic E-state index is 13.5. The molecule has 4 rings (SSSR count).